The van der Waals surface area contributed by atoms with Crippen molar-refractivity contribution in [3.8, 4) is 0 Å². The van der Waals surface area contributed by atoms with Gasteiger partial charge in [-0.1, -0.05) is 19.8 Å². The van der Waals surface area contributed by atoms with E-state index in [9.17, 15) is 9.59 Å². The first-order valence-corrected chi connectivity index (χ1v) is 6.34. The lowest BCUT2D eigenvalue weighted by Crippen LogP contribution is -2.26. The van der Waals surface area contributed by atoms with Crippen molar-refractivity contribution in [2.45, 2.75) is 32.6 Å². The Morgan fingerprint density at radius 3 is 2.39 bits per heavy atom. The SMILES string of the molecule is CCCCC(C(=O)CCOCCOC)C(=O)OC. The van der Waals surface area contributed by atoms with Gasteiger partial charge >= 0.3 is 5.97 Å². The van der Waals surface area contributed by atoms with E-state index in [0.29, 0.717) is 26.2 Å². The summed E-state index contributed by atoms with van der Waals surface area (Å²) in [6.07, 6.45) is 2.59. The number of ether oxygens (including phenoxy) is 3. The smallest absolute Gasteiger partial charge is 0.316 e. The van der Waals surface area contributed by atoms with Gasteiger partial charge in [0.05, 0.1) is 26.9 Å². The van der Waals surface area contributed by atoms with Gasteiger partial charge in [-0.05, 0) is 6.42 Å². The average molecular weight is 260 g/mol. The summed E-state index contributed by atoms with van der Waals surface area (Å²) in [5.41, 5.74) is 0. The number of carbonyl (C=O) groups is 2. The molecule has 0 saturated carbocycles. The van der Waals surface area contributed by atoms with Gasteiger partial charge in [-0.25, -0.2) is 0 Å². The first-order chi connectivity index (χ1) is 8.67. The standard InChI is InChI=1S/C13H24O5/c1-4-5-6-11(13(15)17-3)12(14)7-8-18-10-9-16-2/h11H,4-10H2,1-3H3. The molecule has 18 heavy (non-hydrogen) atoms. The number of hydrogen-bond acceptors (Lipinski definition) is 5. The maximum Gasteiger partial charge on any atom is 0.316 e. The molecular weight excluding hydrogens is 236 g/mol. The van der Waals surface area contributed by atoms with Crippen molar-refractivity contribution in [2.24, 2.45) is 5.92 Å². The summed E-state index contributed by atoms with van der Waals surface area (Å²) in [6.45, 7) is 3.31. The van der Waals surface area contributed by atoms with Crippen LogP contribution in [-0.2, 0) is 23.8 Å². The summed E-state index contributed by atoms with van der Waals surface area (Å²) in [4.78, 5) is 23.4. The number of esters is 1. The van der Waals surface area contributed by atoms with Crippen LogP contribution < -0.4 is 0 Å². The van der Waals surface area contributed by atoms with Crippen molar-refractivity contribution in [1.82, 2.24) is 0 Å². The largest absolute Gasteiger partial charge is 0.468 e. The molecule has 0 rings (SSSR count). The Bertz CT molecular complexity index is 240. The van der Waals surface area contributed by atoms with E-state index < -0.39 is 11.9 Å². The molecule has 0 aromatic rings. The zero-order valence-corrected chi connectivity index (χ0v) is 11.6. The molecule has 0 fully saturated rings. The van der Waals surface area contributed by atoms with Crippen molar-refractivity contribution in [1.29, 1.82) is 0 Å². The van der Waals surface area contributed by atoms with E-state index in [0.717, 1.165) is 12.8 Å². The molecule has 5 heteroatoms. The zero-order valence-electron chi connectivity index (χ0n) is 11.6. The van der Waals surface area contributed by atoms with Gasteiger partial charge in [-0.15, -0.1) is 0 Å². The second-order valence-electron chi connectivity index (χ2n) is 4.04. The number of Topliss-reactive ketones (excluding diaryl/α,β-unsaturated/α-hetero) is 1. The van der Waals surface area contributed by atoms with Crippen LogP contribution in [0.25, 0.3) is 0 Å². The Morgan fingerprint density at radius 1 is 1.11 bits per heavy atom. The highest BCUT2D eigenvalue weighted by Crippen LogP contribution is 2.13. The molecule has 5 nitrogen and oxygen atoms in total. The lowest BCUT2D eigenvalue weighted by atomic mass is 9.96. The lowest BCUT2D eigenvalue weighted by molar-refractivity contribution is -0.150. The maximum absolute atomic E-state index is 11.9. The predicted molar refractivity (Wildman–Crippen MR) is 67.4 cm³/mol. The summed E-state index contributed by atoms with van der Waals surface area (Å²) < 4.78 is 14.7. The summed E-state index contributed by atoms with van der Waals surface area (Å²) in [5, 5.41) is 0. The molecule has 0 saturated heterocycles. The van der Waals surface area contributed by atoms with Crippen molar-refractivity contribution < 1.29 is 23.8 Å². The van der Waals surface area contributed by atoms with E-state index in [1.54, 1.807) is 7.11 Å². The van der Waals surface area contributed by atoms with Crippen molar-refractivity contribution in [2.75, 3.05) is 34.0 Å². The molecule has 0 N–H and O–H groups in total. The third kappa shape index (κ3) is 7.40. The molecule has 0 bridgehead atoms. The fourth-order valence-electron chi connectivity index (χ4n) is 1.55. The molecule has 1 unspecified atom stereocenters. The van der Waals surface area contributed by atoms with Gasteiger partial charge in [0.2, 0.25) is 0 Å². The second kappa shape index (κ2) is 11.2. The number of methoxy groups -OCH3 is 2. The fourth-order valence-corrected chi connectivity index (χ4v) is 1.55. The molecule has 0 spiro atoms. The Kier molecular flexibility index (Phi) is 10.6. The molecule has 0 aliphatic heterocycles. The van der Waals surface area contributed by atoms with E-state index in [1.807, 2.05) is 6.92 Å². The van der Waals surface area contributed by atoms with Gasteiger partial charge in [0.15, 0.2) is 0 Å². The molecule has 0 aliphatic rings. The summed E-state index contributed by atoms with van der Waals surface area (Å²) in [6, 6.07) is 0. The van der Waals surface area contributed by atoms with Crippen LogP contribution >= 0.6 is 0 Å². The maximum atomic E-state index is 11.9. The summed E-state index contributed by atoms with van der Waals surface area (Å²) >= 11 is 0. The van der Waals surface area contributed by atoms with Crippen molar-refractivity contribution in [3.05, 3.63) is 0 Å². The molecule has 0 aliphatic carbocycles. The Labute approximate surface area is 109 Å². The van der Waals surface area contributed by atoms with E-state index in [1.165, 1.54) is 7.11 Å². The monoisotopic (exact) mass is 260 g/mol. The average Bonchev–Trinajstić information content (AvgIpc) is 2.38. The van der Waals surface area contributed by atoms with Gasteiger partial charge in [-0.2, -0.15) is 0 Å². The minimum absolute atomic E-state index is 0.104. The zero-order chi connectivity index (χ0) is 13.8. The van der Waals surface area contributed by atoms with Crippen LogP contribution in [0.2, 0.25) is 0 Å². The normalized spacial score (nSPS) is 12.2. The van der Waals surface area contributed by atoms with Crippen molar-refractivity contribution >= 4 is 11.8 Å². The topological polar surface area (TPSA) is 61.8 Å². The van der Waals surface area contributed by atoms with Gasteiger partial charge in [0.25, 0.3) is 0 Å². The Balaban J connectivity index is 4.00. The van der Waals surface area contributed by atoms with Crippen LogP contribution in [0.5, 0.6) is 0 Å². The highest BCUT2D eigenvalue weighted by atomic mass is 16.5. The third-order valence-corrected chi connectivity index (χ3v) is 2.65. The van der Waals surface area contributed by atoms with Crippen LogP contribution in [0.4, 0.5) is 0 Å². The number of unbranched alkanes of at least 4 members (excludes halogenated alkanes) is 1. The summed E-state index contributed by atoms with van der Waals surface area (Å²) in [5.74, 6) is -1.18. The van der Waals surface area contributed by atoms with E-state index >= 15 is 0 Å². The number of carbonyl (C=O) groups excluding carboxylic acids is 2. The van der Waals surface area contributed by atoms with Crippen LogP contribution in [0.1, 0.15) is 32.6 Å². The fraction of sp³-hybridized carbons (Fsp3) is 0.846. The van der Waals surface area contributed by atoms with Crippen LogP contribution in [-0.4, -0.2) is 45.8 Å². The second-order valence-corrected chi connectivity index (χ2v) is 4.04. The quantitative estimate of drug-likeness (QED) is 0.321. The van der Waals surface area contributed by atoms with E-state index in [2.05, 4.69) is 4.74 Å². The molecule has 1 atom stereocenters. The van der Waals surface area contributed by atoms with Crippen LogP contribution in [0.15, 0.2) is 0 Å². The van der Waals surface area contributed by atoms with Crippen LogP contribution in [0.3, 0.4) is 0 Å². The number of hydrogen-bond donors (Lipinski definition) is 0. The van der Waals surface area contributed by atoms with Gasteiger partial charge < -0.3 is 14.2 Å². The molecular formula is C13H24O5. The third-order valence-electron chi connectivity index (χ3n) is 2.65. The molecule has 0 aromatic carbocycles. The highest BCUT2D eigenvalue weighted by molar-refractivity contribution is 5.98. The first kappa shape index (κ1) is 17.1. The first-order valence-electron chi connectivity index (χ1n) is 6.34. The minimum Gasteiger partial charge on any atom is -0.468 e. The minimum atomic E-state index is -0.638. The number of rotatable bonds is 11. The lowest BCUT2D eigenvalue weighted by Gasteiger charge is -2.13. The predicted octanol–water partition coefficient (Wildman–Crippen LogP) is 1.59. The van der Waals surface area contributed by atoms with E-state index in [-0.39, 0.29) is 12.2 Å². The Morgan fingerprint density at radius 2 is 1.83 bits per heavy atom. The van der Waals surface area contributed by atoms with Gasteiger partial charge in [0, 0.05) is 13.5 Å². The summed E-state index contributed by atoms with van der Waals surface area (Å²) in [7, 11) is 2.90. The van der Waals surface area contributed by atoms with Gasteiger partial charge in [-0.3, -0.25) is 9.59 Å². The molecule has 0 radical (unpaired) electrons. The van der Waals surface area contributed by atoms with Crippen LogP contribution in [0, 0.1) is 5.92 Å². The van der Waals surface area contributed by atoms with Crippen molar-refractivity contribution in [3.63, 3.8) is 0 Å². The molecule has 0 aromatic heterocycles. The highest BCUT2D eigenvalue weighted by Gasteiger charge is 2.26. The van der Waals surface area contributed by atoms with Gasteiger partial charge in [0.1, 0.15) is 11.7 Å². The molecule has 0 amide bonds. The van der Waals surface area contributed by atoms with E-state index in [4.69, 9.17) is 9.47 Å². The Hall–Kier alpha value is -0.940. The molecule has 106 valence electrons. The molecule has 0 heterocycles. The number of ketones is 1.